The fourth-order valence-electron chi connectivity index (χ4n) is 3.80. The van der Waals surface area contributed by atoms with Crippen LogP contribution in [0, 0.1) is 19.7 Å². The lowest BCUT2D eigenvalue weighted by Crippen LogP contribution is -2.38. The molecule has 138 valence electrons. The van der Waals surface area contributed by atoms with Crippen molar-refractivity contribution in [1.29, 1.82) is 0 Å². The zero-order chi connectivity index (χ0) is 18.5. The zero-order valence-corrected chi connectivity index (χ0v) is 15.5. The van der Waals surface area contributed by atoms with Gasteiger partial charge >= 0.3 is 0 Å². The molecule has 8 heteroatoms. The molecule has 3 aromatic rings. The van der Waals surface area contributed by atoms with Gasteiger partial charge in [0.05, 0.1) is 11.4 Å². The smallest absolute Gasteiger partial charge is 0.246 e. The highest BCUT2D eigenvalue weighted by Gasteiger charge is 2.33. The first-order valence-corrected chi connectivity index (χ1v) is 10.1. The first-order chi connectivity index (χ1) is 12.4. The lowest BCUT2D eigenvalue weighted by molar-refractivity contribution is 0.317. The summed E-state index contributed by atoms with van der Waals surface area (Å²) in [5.74, 6) is -0.0155. The lowest BCUT2D eigenvalue weighted by atomic mass is 9.95. The Morgan fingerprint density at radius 1 is 1.19 bits per heavy atom. The van der Waals surface area contributed by atoms with E-state index in [-0.39, 0.29) is 16.6 Å². The normalized spacial score (nSPS) is 17.2. The molecule has 0 aliphatic carbocycles. The van der Waals surface area contributed by atoms with Gasteiger partial charge < -0.3 is 4.98 Å². The number of benzene rings is 1. The van der Waals surface area contributed by atoms with Gasteiger partial charge in [-0.05, 0) is 51.0 Å². The second kappa shape index (κ2) is 6.21. The van der Waals surface area contributed by atoms with Crippen LogP contribution in [0.15, 0.2) is 29.2 Å². The van der Waals surface area contributed by atoms with Gasteiger partial charge in [-0.2, -0.15) is 9.40 Å². The first-order valence-electron chi connectivity index (χ1n) is 8.66. The standard InChI is InChI=1S/C18H21FN4O2S/c1-11-18(12(2)22-21-11)26(24,25)23-7-5-13(6-8-23)17-10-14-9-15(19)3-4-16(14)20-17/h3-4,9-10,13,20H,5-8H2,1-2H3,(H,21,22). The summed E-state index contributed by atoms with van der Waals surface area (Å²) < 4.78 is 40.8. The van der Waals surface area contributed by atoms with Crippen molar-refractivity contribution in [1.82, 2.24) is 19.5 Å². The molecule has 0 radical (unpaired) electrons. The maximum Gasteiger partial charge on any atom is 0.246 e. The quantitative estimate of drug-likeness (QED) is 0.736. The third-order valence-corrected chi connectivity index (χ3v) is 7.32. The molecule has 0 spiro atoms. The third kappa shape index (κ3) is 2.83. The molecule has 0 unspecified atom stereocenters. The molecule has 0 bridgehead atoms. The van der Waals surface area contributed by atoms with Crippen molar-refractivity contribution in [2.24, 2.45) is 0 Å². The van der Waals surface area contributed by atoms with Crippen LogP contribution in [0.3, 0.4) is 0 Å². The second-order valence-corrected chi connectivity index (χ2v) is 8.77. The van der Waals surface area contributed by atoms with Gasteiger partial charge in [-0.1, -0.05) is 0 Å². The molecule has 1 aliphatic rings. The summed E-state index contributed by atoms with van der Waals surface area (Å²) in [6.07, 6.45) is 1.45. The van der Waals surface area contributed by atoms with Crippen LogP contribution in [0.2, 0.25) is 0 Å². The average Bonchev–Trinajstić information content (AvgIpc) is 3.18. The molecule has 1 aliphatic heterocycles. The number of nitrogens with zero attached hydrogens (tertiary/aromatic N) is 2. The van der Waals surface area contributed by atoms with Crippen LogP contribution >= 0.6 is 0 Å². The van der Waals surface area contributed by atoms with E-state index in [1.54, 1.807) is 19.9 Å². The van der Waals surface area contributed by atoms with Crippen molar-refractivity contribution in [2.75, 3.05) is 13.1 Å². The van der Waals surface area contributed by atoms with Crippen LogP contribution in [0.25, 0.3) is 10.9 Å². The van der Waals surface area contributed by atoms with E-state index in [1.165, 1.54) is 16.4 Å². The van der Waals surface area contributed by atoms with Gasteiger partial charge in [0.15, 0.2) is 0 Å². The van der Waals surface area contributed by atoms with Gasteiger partial charge in [-0.3, -0.25) is 5.10 Å². The van der Waals surface area contributed by atoms with Gasteiger partial charge in [0.25, 0.3) is 0 Å². The van der Waals surface area contributed by atoms with Gasteiger partial charge in [-0.25, -0.2) is 12.8 Å². The molecule has 1 aromatic carbocycles. The molecule has 3 heterocycles. The minimum atomic E-state index is -3.54. The topological polar surface area (TPSA) is 81.8 Å². The number of piperidine rings is 1. The maximum absolute atomic E-state index is 13.4. The van der Waals surface area contributed by atoms with Crippen LogP contribution in [0.5, 0.6) is 0 Å². The number of rotatable bonds is 3. The van der Waals surface area contributed by atoms with E-state index < -0.39 is 10.0 Å². The molecule has 0 amide bonds. The number of nitrogens with one attached hydrogen (secondary N) is 2. The average molecular weight is 376 g/mol. The summed E-state index contributed by atoms with van der Waals surface area (Å²) >= 11 is 0. The molecule has 26 heavy (non-hydrogen) atoms. The van der Waals surface area contributed by atoms with Crippen molar-refractivity contribution in [3.8, 4) is 0 Å². The highest BCUT2D eigenvalue weighted by atomic mass is 32.2. The van der Waals surface area contributed by atoms with Crippen molar-refractivity contribution in [2.45, 2.75) is 37.5 Å². The van der Waals surface area contributed by atoms with Crippen molar-refractivity contribution < 1.29 is 12.8 Å². The number of halogens is 1. The summed E-state index contributed by atoms with van der Waals surface area (Å²) in [6, 6.07) is 6.66. The van der Waals surface area contributed by atoms with Gasteiger partial charge in [0.1, 0.15) is 10.7 Å². The van der Waals surface area contributed by atoms with Crippen LogP contribution < -0.4 is 0 Å². The maximum atomic E-state index is 13.4. The first kappa shape index (κ1) is 17.2. The highest BCUT2D eigenvalue weighted by molar-refractivity contribution is 7.89. The monoisotopic (exact) mass is 376 g/mol. The van der Waals surface area contributed by atoms with E-state index in [0.29, 0.717) is 24.5 Å². The van der Waals surface area contributed by atoms with E-state index in [9.17, 15) is 12.8 Å². The zero-order valence-electron chi connectivity index (χ0n) is 14.7. The molecule has 0 atom stereocenters. The Kier molecular flexibility index (Phi) is 4.11. The Morgan fingerprint density at radius 3 is 2.58 bits per heavy atom. The Bertz CT molecular complexity index is 1040. The fraction of sp³-hybridized carbons (Fsp3) is 0.389. The molecule has 1 fully saturated rings. The Labute approximate surface area is 151 Å². The summed E-state index contributed by atoms with van der Waals surface area (Å²) in [5.41, 5.74) is 3.02. The number of hydrogen-bond acceptors (Lipinski definition) is 3. The van der Waals surface area contributed by atoms with Crippen LogP contribution in [-0.2, 0) is 10.0 Å². The van der Waals surface area contributed by atoms with Crippen LogP contribution in [0.4, 0.5) is 4.39 Å². The third-order valence-electron chi connectivity index (χ3n) is 5.16. The molecule has 0 saturated carbocycles. The summed E-state index contributed by atoms with van der Waals surface area (Å²) in [7, 11) is -3.54. The van der Waals surface area contributed by atoms with E-state index in [1.807, 2.05) is 6.07 Å². The van der Waals surface area contributed by atoms with Crippen molar-refractivity contribution in [3.05, 3.63) is 47.2 Å². The van der Waals surface area contributed by atoms with Crippen molar-refractivity contribution >= 4 is 20.9 Å². The Balaban J connectivity index is 1.53. The number of H-pyrrole nitrogens is 2. The van der Waals surface area contributed by atoms with Crippen LogP contribution in [0.1, 0.15) is 35.8 Å². The molecular weight excluding hydrogens is 355 g/mol. The number of aromatic nitrogens is 3. The minimum Gasteiger partial charge on any atom is -0.358 e. The Morgan fingerprint density at radius 2 is 1.92 bits per heavy atom. The van der Waals surface area contributed by atoms with E-state index in [0.717, 1.165) is 29.4 Å². The van der Waals surface area contributed by atoms with E-state index in [4.69, 9.17) is 0 Å². The predicted octanol–water partition coefficient (Wildman–Crippen LogP) is 3.22. The molecular formula is C18H21FN4O2S. The van der Waals surface area contributed by atoms with E-state index >= 15 is 0 Å². The SMILES string of the molecule is Cc1n[nH]c(C)c1S(=O)(=O)N1CCC(c2cc3cc(F)ccc3[nH]2)CC1. The fourth-order valence-corrected chi connectivity index (χ4v) is 5.60. The number of aromatic amines is 2. The Hall–Kier alpha value is -2.19. The van der Waals surface area contributed by atoms with E-state index in [2.05, 4.69) is 15.2 Å². The van der Waals surface area contributed by atoms with Gasteiger partial charge in [-0.15, -0.1) is 0 Å². The molecule has 6 nitrogen and oxygen atoms in total. The summed E-state index contributed by atoms with van der Waals surface area (Å²) in [4.78, 5) is 3.63. The second-order valence-electron chi connectivity index (χ2n) is 6.90. The van der Waals surface area contributed by atoms with Crippen molar-refractivity contribution in [3.63, 3.8) is 0 Å². The molecule has 4 rings (SSSR count). The molecule has 2 N–H and O–H groups in total. The number of fused-ring (bicyclic) bond motifs is 1. The minimum absolute atomic E-state index is 0.239. The number of aryl methyl sites for hydroxylation is 2. The number of sulfonamides is 1. The molecule has 1 saturated heterocycles. The number of hydrogen-bond donors (Lipinski definition) is 2. The van der Waals surface area contributed by atoms with Gasteiger partial charge in [0.2, 0.25) is 10.0 Å². The highest BCUT2D eigenvalue weighted by Crippen LogP contribution is 2.33. The summed E-state index contributed by atoms with van der Waals surface area (Å²) in [5, 5.41) is 7.60. The summed E-state index contributed by atoms with van der Waals surface area (Å²) in [6.45, 7) is 4.34. The predicted molar refractivity (Wildman–Crippen MR) is 97.1 cm³/mol. The molecule has 2 aromatic heterocycles. The van der Waals surface area contributed by atoms with Gasteiger partial charge in [0, 0.05) is 35.6 Å². The lowest BCUT2D eigenvalue weighted by Gasteiger charge is -2.30. The largest absolute Gasteiger partial charge is 0.358 e. The van der Waals surface area contributed by atoms with Crippen LogP contribution in [-0.4, -0.2) is 41.0 Å².